The first-order valence-electron chi connectivity index (χ1n) is 2.72. The molecule has 0 unspecified atom stereocenters. The first-order chi connectivity index (χ1) is 4.70. The van der Waals surface area contributed by atoms with Crippen LogP contribution in [0.2, 0.25) is 0 Å². The van der Waals surface area contributed by atoms with Crippen LogP contribution >= 0.6 is 25.0 Å². The van der Waals surface area contributed by atoms with Crippen LogP contribution in [0.15, 0.2) is 29.2 Å². The van der Waals surface area contributed by atoms with Gasteiger partial charge in [0.15, 0.2) is 0 Å². The van der Waals surface area contributed by atoms with Gasteiger partial charge in [-0.1, -0.05) is 0 Å². The zero-order chi connectivity index (χ0) is 7.56. The molecule has 0 atom stereocenters. The second kappa shape index (κ2) is 4.26. The summed E-state index contributed by atoms with van der Waals surface area (Å²) < 4.78 is 0. The zero-order valence-electron chi connectivity index (χ0n) is 5.52. The van der Waals surface area contributed by atoms with Crippen molar-refractivity contribution in [1.29, 1.82) is 0 Å². The van der Waals surface area contributed by atoms with E-state index in [9.17, 15) is 4.79 Å². The van der Waals surface area contributed by atoms with E-state index in [1.807, 2.05) is 0 Å². The quantitative estimate of drug-likeness (QED) is 0.666. The van der Waals surface area contributed by atoms with Crippen molar-refractivity contribution in [3.63, 3.8) is 0 Å². The van der Waals surface area contributed by atoms with E-state index in [1.165, 1.54) is 12.1 Å². The molecule has 0 fully saturated rings. The van der Waals surface area contributed by atoms with Crippen LogP contribution in [0, 0.1) is 0 Å². The van der Waals surface area contributed by atoms with E-state index in [0.29, 0.717) is 0 Å². The lowest BCUT2D eigenvalue weighted by Gasteiger charge is -1.92. The molecule has 0 aliphatic carbocycles. The fourth-order valence-corrected chi connectivity index (χ4v) is 0.753. The van der Waals surface area contributed by atoms with Crippen LogP contribution in [0.3, 0.4) is 0 Å². The normalized spacial score (nSPS) is 8.45. The predicted octanol–water partition coefficient (Wildman–Crippen LogP) is 2.10. The molecule has 60 valence electrons. The first kappa shape index (κ1) is 10.3. The summed E-state index contributed by atoms with van der Waals surface area (Å²) in [4.78, 5) is 11.1. The van der Waals surface area contributed by atoms with Crippen LogP contribution in [-0.4, -0.2) is 11.1 Å². The summed E-state index contributed by atoms with van der Waals surface area (Å²) in [7, 11) is 0. The minimum Gasteiger partial charge on any atom is -0.478 e. The molecule has 1 aromatic carbocycles. The fraction of sp³-hybridized carbons (Fsp3) is 0. The molecule has 0 spiro atoms. The number of carboxylic acid groups (broad SMARTS) is 1. The summed E-state index contributed by atoms with van der Waals surface area (Å²) in [6.07, 6.45) is 0. The maximum Gasteiger partial charge on any atom is 0.335 e. The molecule has 1 rings (SSSR count). The molecule has 1 N–H and O–H groups in total. The van der Waals surface area contributed by atoms with Crippen molar-refractivity contribution in [2.24, 2.45) is 0 Å². The molecule has 4 heteroatoms. The molecule has 0 saturated carbocycles. The molecular weight excluding hydrogens is 184 g/mol. The van der Waals surface area contributed by atoms with Gasteiger partial charge in [-0.2, -0.15) is 0 Å². The Balaban J connectivity index is 0.000001000. The smallest absolute Gasteiger partial charge is 0.335 e. The second-order valence-corrected chi connectivity index (χ2v) is 2.37. The first-order valence-corrected chi connectivity index (χ1v) is 3.17. The summed E-state index contributed by atoms with van der Waals surface area (Å²) in [6.45, 7) is 0. The van der Waals surface area contributed by atoms with Gasteiger partial charge in [0, 0.05) is 4.90 Å². The zero-order valence-corrected chi connectivity index (χ0v) is 7.23. The molecule has 0 radical (unpaired) electrons. The predicted molar refractivity (Wildman–Crippen MR) is 47.9 cm³/mol. The molecule has 1 aromatic rings. The molecule has 2 nitrogen and oxygen atoms in total. The Morgan fingerprint density at radius 1 is 1.27 bits per heavy atom. The summed E-state index contributed by atoms with van der Waals surface area (Å²) in [6, 6.07) is 6.33. The number of thiol groups is 1. The largest absolute Gasteiger partial charge is 0.478 e. The lowest BCUT2D eigenvalue weighted by molar-refractivity contribution is 0.0697. The van der Waals surface area contributed by atoms with Crippen LogP contribution in [0.25, 0.3) is 0 Å². The Morgan fingerprint density at radius 2 is 1.73 bits per heavy atom. The number of benzene rings is 1. The number of halogens is 1. The van der Waals surface area contributed by atoms with E-state index in [1.54, 1.807) is 12.1 Å². The van der Waals surface area contributed by atoms with Crippen LogP contribution in [0.5, 0.6) is 0 Å². The number of carboxylic acids is 1. The summed E-state index contributed by atoms with van der Waals surface area (Å²) in [5.41, 5.74) is 0.290. The van der Waals surface area contributed by atoms with Gasteiger partial charge in [-0.05, 0) is 24.3 Å². The van der Waals surface area contributed by atoms with Gasteiger partial charge in [0.2, 0.25) is 0 Å². The monoisotopic (exact) mass is 190 g/mol. The molecule has 0 aliphatic rings. The van der Waals surface area contributed by atoms with Gasteiger partial charge in [0.05, 0.1) is 5.56 Å². The van der Waals surface area contributed by atoms with Gasteiger partial charge in [0.1, 0.15) is 0 Å². The molecule has 0 aliphatic heterocycles. The van der Waals surface area contributed by atoms with Gasteiger partial charge < -0.3 is 5.11 Å². The molecule has 11 heavy (non-hydrogen) atoms. The molecule has 0 bridgehead atoms. The highest BCUT2D eigenvalue weighted by Crippen LogP contribution is 2.06. The maximum absolute atomic E-state index is 10.3. The number of hydrogen-bond acceptors (Lipinski definition) is 2. The molecule has 0 heterocycles. The van der Waals surface area contributed by atoms with Crippen LogP contribution in [0.1, 0.15) is 10.4 Å². The Kier molecular flexibility index (Phi) is 4.00. The van der Waals surface area contributed by atoms with E-state index in [4.69, 9.17) is 5.11 Å². The van der Waals surface area contributed by atoms with Crippen LogP contribution in [0.4, 0.5) is 0 Å². The lowest BCUT2D eigenvalue weighted by atomic mass is 10.2. The number of rotatable bonds is 1. The van der Waals surface area contributed by atoms with Crippen molar-refractivity contribution < 1.29 is 9.90 Å². The Labute approximate surface area is 76.1 Å². The highest BCUT2D eigenvalue weighted by molar-refractivity contribution is 7.80. The van der Waals surface area contributed by atoms with Gasteiger partial charge >= 0.3 is 5.97 Å². The Hall–Kier alpha value is -0.670. The van der Waals surface area contributed by atoms with Gasteiger partial charge in [0.25, 0.3) is 0 Å². The van der Waals surface area contributed by atoms with Gasteiger partial charge in [-0.15, -0.1) is 25.0 Å². The highest BCUT2D eigenvalue weighted by Gasteiger charge is 1.98. The van der Waals surface area contributed by atoms with Crippen molar-refractivity contribution in [3.05, 3.63) is 29.8 Å². The van der Waals surface area contributed by atoms with E-state index in [-0.39, 0.29) is 18.0 Å². The van der Waals surface area contributed by atoms with E-state index >= 15 is 0 Å². The molecule has 0 aromatic heterocycles. The van der Waals surface area contributed by atoms with Gasteiger partial charge in [-0.25, -0.2) is 4.79 Å². The fourth-order valence-electron chi connectivity index (χ4n) is 0.604. The summed E-state index contributed by atoms with van der Waals surface area (Å²) >= 11 is 4.01. The van der Waals surface area contributed by atoms with E-state index in [0.717, 1.165) is 4.90 Å². The van der Waals surface area contributed by atoms with Crippen molar-refractivity contribution in [3.8, 4) is 0 Å². The van der Waals surface area contributed by atoms with Gasteiger partial charge in [-0.3, -0.25) is 0 Å². The van der Waals surface area contributed by atoms with E-state index in [2.05, 4.69) is 12.6 Å². The van der Waals surface area contributed by atoms with Crippen LogP contribution in [-0.2, 0) is 0 Å². The molecule has 0 saturated heterocycles. The Morgan fingerprint density at radius 3 is 2.09 bits per heavy atom. The maximum atomic E-state index is 10.3. The van der Waals surface area contributed by atoms with Crippen LogP contribution < -0.4 is 0 Å². The Bertz CT molecular complexity index is 245. The third-order valence-electron chi connectivity index (χ3n) is 1.11. The SMILES string of the molecule is Cl.O=C(O)c1ccc(S)cc1. The second-order valence-electron chi connectivity index (χ2n) is 1.85. The van der Waals surface area contributed by atoms with Crippen molar-refractivity contribution in [2.75, 3.05) is 0 Å². The van der Waals surface area contributed by atoms with E-state index < -0.39 is 5.97 Å². The minimum absolute atomic E-state index is 0. The minimum atomic E-state index is -0.909. The standard InChI is InChI=1S/C7H6O2S.ClH/c8-7(9)5-1-3-6(10)4-2-5;/h1-4,10H,(H,8,9);1H. The third-order valence-corrected chi connectivity index (χ3v) is 1.41. The van der Waals surface area contributed by atoms with Crippen molar-refractivity contribution >= 4 is 31.0 Å². The van der Waals surface area contributed by atoms with Crippen molar-refractivity contribution in [2.45, 2.75) is 4.90 Å². The summed E-state index contributed by atoms with van der Waals surface area (Å²) in [5.74, 6) is -0.909. The number of aromatic carboxylic acids is 1. The topological polar surface area (TPSA) is 37.3 Å². The third kappa shape index (κ3) is 2.82. The average Bonchev–Trinajstić information content (AvgIpc) is 1.88. The van der Waals surface area contributed by atoms with Crippen molar-refractivity contribution in [1.82, 2.24) is 0 Å². The molecular formula is C7H7ClO2S. The molecule has 0 amide bonds. The average molecular weight is 191 g/mol. The lowest BCUT2D eigenvalue weighted by Crippen LogP contribution is -1.94. The highest BCUT2D eigenvalue weighted by atomic mass is 35.5. The summed E-state index contributed by atoms with van der Waals surface area (Å²) in [5, 5.41) is 8.45. The number of carbonyl (C=O) groups is 1. The number of hydrogen-bond donors (Lipinski definition) is 2.